The molecule has 9 nitrogen and oxygen atoms in total. The Balaban J connectivity index is 1.38. The SMILES string of the molecule is COc1cccc(NC(=O)CSc2nnc(NC(=O)c3c(-c4ccccc4Cl)noc3C)s2)c1. The number of nitrogens with one attached hydrogen (secondary N) is 2. The van der Waals surface area contributed by atoms with E-state index in [4.69, 9.17) is 20.9 Å². The summed E-state index contributed by atoms with van der Waals surface area (Å²) in [6.07, 6.45) is 0. The first kappa shape index (κ1) is 23.7. The summed E-state index contributed by atoms with van der Waals surface area (Å²) < 4.78 is 10.9. The van der Waals surface area contributed by atoms with Crippen molar-refractivity contribution in [2.45, 2.75) is 11.3 Å². The molecule has 4 aromatic rings. The van der Waals surface area contributed by atoms with Gasteiger partial charge in [0.05, 0.1) is 17.9 Å². The second-order valence-electron chi connectivity index (χ2n) is 6.84. The first-order chi connectivity index (χ1) is 16.4. The molecule has 34 heavy (non-hydrogen) atoms. The zero-order chi connectivity index (χ0) is 24.1. The van der Waals surface area contributed by atoms with E-state index in [1.807, 2.05) is 0 Å². The van der Waals surface area contributed by atoms with E-state index in [0.29, 0.717) is 37.8 Å². The first-order valence-corrected chi connectivity index (χ1v) is 12.1. The molecular formula is C22H18ClN5O4S2. The largest absolute Gasteiger partial charge is 0.497 e. The highest BCUT2D eigenvalue weighted by molar-refractivity contribution is 8.01. The number of nitrogens with zero attached hydrogens (tertiary/aromatic N) is 3. The molecule has 0 saturated carbocycles. The number of carbonyl (C=O) groups excluding carboxylic acids is 2. The van der Waals surface area contributed by atoms with Crippen molar-refractivity contribution in [1.82, 2.24) is 15.4 Å². The van der Waals surface area contributed by atoms with Crippen LogP contribution in [0.1, 0.15) is 16.1 Å². The summed E-state index contributed by atoms with van der Waals surface area (Å²) in [5.74, 6) is 0.471. The van der Waals surface area contributed by atoms with Crippen LogP contribution < -0.4 is 15.4 Å². The number of anilines is 2. The fourth-order valence-corrected chi connectivity index (χ4v) is 4.75. The molecule has 2 amide bonds. The minimum Gasteiger partial charge on any atom is -0.497 e. The van der Waals surface area contributed by atoms with Gasteiger partial charge >= 0.3 is 0 Å². The van der Waals surface area contributed by atoms with Gasteiger partial charge in [-0.2, -0.15) is 0 Å². The maximum Gasteiger partial charge on any atom is 0.263 e. The van der Waals surface area contributed by atoms with Crippen molar-refractivity contribution >= 4 is 57.3 Å². The number of hydrogen-bond acceptors (Lipinski definition) is 9. The van der Waals surface area contributed by atoms with Crippen molar-refractivity contribution in [3.05, 3.63) is 64.9 Å². The minimum atomic E-state index is -0.447. The van der Waals surface area contributed by atoms with E-state index in [2.05, 4.69) is 26.0 Å². The number of amides is 2. The number of hydrogen-bond donors (Lipinski definition) is 2. The van der Waals surface area contributed by atoms with Crippen molar-refractivity contribution in [3.63, 3.8) is 0 Å². The van der Waals surface area contributed by atoms with Crippen LogP contribution in [0, 0.1) is 6.92 Å². The number of methoxy groups -OCH3 is 1. The lowest BCUT2D eigenvalue weighted by Crippen LogP contribution is -2.13. The number of thioether (sulfide) groups is 1. The predicted molar refractivity (Wildman–Crippen MR) is 132 cm³/mol. The molecule has 0 bridgehead atoms. The highest BCUT2D eigenvalue weighted by Crippen LogP contribution is 2.32. The van der Waals surface area contributed by atoms with Gasteiger partial charge in [-0.05, 0) is 25.1 Å². The fourth-order valence-electron chi connectivity index (χ4n) is 2.98. The molecule has 0 atom stereocenters. The van der Waals surface area contributed by atoms with Crippen LogP contribution in [0.3, 0.4) is 0 Å². The average molecular weight is 516 g/mol. The Morgan fingerprint density at radius 1 is 1.15 bits per heavy atom. The monoisotopic (exact) mass is 515 g/mol. The lowest BCUT2D eigenvalue weighted by molar-refractivity contribution is -0.113. The number of ether oxygens (including phenoxy) is 1. The summed E-state index contributed by atoms with van der Waals surface area (Å²) in [6, 6.07) is 14.1. The molecule has 2 aromatic carbocycles. The minimum absolute atomic E-state index is 0.126. The Bertz CT molecular complexity index is 1340. The van der Waals surface area contributed by atoms with Gasteiger partial charge in [0.15, 0.2) is 4.34 Å². The first-order valence-electron chi connectivity index (χ1n) is 9.87. The Morgan fingerprint density at radius 3 is 2.76 bits per heavy atom. The molecular weight excluding hydrogens is 498 g/mol. The van der Waals surface area contributed by atoms with Crippen LogP contribution in [-0.2, 0) is 4.79 Å². The predicted octanol–water partition coefficient (Wildman–Crippen LogP) is 5.15. The van der Waals surface area contributed by atoms with E-state index in [9.17, 15) is 9.59 Å². The van der Waals surface area contributed by atoms with Crippen molar-refractivity contribution in [2.24, 2.45) is 0 Å². The Hall–Kier alpha value is -3.41. The van der Waals surface area contributed by atoms with E-state index < -0.39 is 5.91 Å². The van der Waals surface area contributed by atoms with Crippen LogP contribution >= 0.6 is 34.7 Å². The summed E-state index contributed by atoms with van der Waals surface area (Å²) in [4.78, 5) is 25.2. The summed E-state index contributed by atoms with van der Waals surface area (Å²) in [5, 5.41) is 18.3. The summed E-state index contributed by atoms with van der Waals surface area (Å²) in [5.41, 5.74) is 1.82. The van der Waals surface area contributed by atoms with Gasteiger partial charge in [0.25, 0.3) is 5.91 Å². The van der Waals surface area contributed by atoms with Gasteiger partial charge in [0.1, 0.15) is 22.8 Å². The number of halogens is 1. The maximum atomic E-state index is 12.9. The zero-order valence-corrected chi connectivity index (χ0v) is 20.4. The van der Waals surface area contributed by atoms with E-state index in [0.717, 1.165) is 11.3 Å². The van der Waals surface area contributed by atoms with Gasteiger partial charge in [0.2, 0.25) is 11.0 Å². The second kappa shape index (κ2) is 10.7. The van der Waals surface area contributed by atoms with Crippen molar-refractivity contribution < 1.29 is 18.8 Å². The van der Waals surface area contributed by atoms with Gasteiger partial charge in [-0.3, -0.25) is 14.9 Å². The molecule has 174 valence electrons. The van der Waals surface area contributed by atoms with Crippen LogP contribution in [0.2, 0.25) is 5.02 Å². The van der Waals surface area contributed by atoms with E-state index >= 15 is 0 Å². The Morgan fingerprint density at radius 2 is 1.97 bits per heavy atom. The van der Waals surface area contributed by atoms with Crippen LogP contribution in [-0.4, -0.2) is 40.0 Å². The molecule has 4 rings (SSSR count). The van der Waals surface area contributed by atoms with Crippen LogP contribution in [0.4, 0.5) is 10.8 Å². The van der Waals surface area contributed by atoms with Crippen molar-refractivity contribution in [3.8, 4) is 17.0 Å². The topological polar surface area (TPSA) is 119 Å². The molecule has 2 heterocycles. The fraction of sp³-hybridized carbons (Fsp3) is 0.136. The Labute approximate surface area is 207 Å². The number of carbonyl (C=O) groups is 2. The maximum absolute atomic E-state index is 12.9. The molecule has 2 aromatic heterocycles. The molecule has 0 radical (unpaired) electrons. The highest BCUT2D eigenvalue weighted by Gasteiger charge is 2.24. The third-order valence-corrected chi connectivity index (χ3v) is 6.83. The molecule has 2 N–H and O–H groups in total. The smallest absolute Gasteiger partial charge is 0.263 e. The Kier molecular flexibility index (Phi) is 7.46. The lowest BCUT2D eigenvalue weighted by Gasteiger charge is -2.06. The van der Waals surface area contributed by atoms with Gasteiger partial charge in [0, 0.05) is 17.3 Å². The molecule has 0 saturated heterocycles. The number of aryl methyl sites for hydroxylation is 1. The normalized spacial score (nSPS) is 10.7. The zero-order valence-electron chi connectivity index (χ0n) is 18.0. The van der Waals surface area contributed by atoms with Crippen LogP contribution in [0.15, 0.2) is 57.4 Å². The summed E-state index contributed by atoms with van der Waals surface area (Å²) in [6.45, 7) is 1.64. The van der Waals surface area contributed by atoms with Gasteiger partial charge in [-0.25, -0.2) is 0 Å². The molecule has 12 heteroatoms. The molecule has 0 aliphatic carbocycles. The number of rotatable bonds is 8. The van der Waals surface area contributed by atoms with Gasteiger partial charge < -0.3 is 14.6 Å². The van der Waals surface area contributed by atoms with E-state index in [1.54, 1.807) is 62.6 Å². The lowest BCUT2D eigenvalue weighted by atomic mass is 10.1. The standard InChI is InChI=1S/C22H18ClN5O4S2/c1-12-18(19(28-32-12)15-8-3-4-9-16(15)23)20(30)25-21-26-27-22(34-21)33-11-17(29)24-13-6-5-7-14(10-13)31-2/h3-10H,11H2,1-2H3,(H,24,29)(H,25,26,30). The molecule has 0 spiro atoms. The summed E-state index contributed by atoms with van der Waals surface area (Å²) in [7, 11) is 1.56. The van der Waals surface area contributed by atoms with Crippen molar-refractivity contribution in [1.29, 1.82) is 0 Å². The van der Waals surface area contributed by atoms with Crippen LogP contribution in [0.25, 0.3) is 11.3 Å². The third-order valence-electron chi connectivity index (χ3n) is 4.53. The summed E-state index contributed by atoms with van der Waals surface area (Å²) >= 11 is 8.62. The van der Waals surface area contributed by atoms with Crippen LogP contribution in [0.5, 0.6) is 5.75 Å². The third kappa shape index (κ3) is 5.56. The quantitative estimate of drug-likeness (QED) is 0.244. The van der Waals surface area contributed by atoms with E-state index in [-0.39, 0.29) is 22.4 Å². The number of aromatic nitrogens is 3. The average Bonchev–Trinajstić information content (AvgIpc) is 3.44. The van der Waals surface area contributed by atoms with Gasteiger partial charge in [-0.15, -0.1) is 10.2 Å². The molecule has 0 unspecified atom stereocenters. The van der Waals surface area contributed by atoms with E-state index in [1.165, 1.54) is 11.8 Å². The molecule has 0 aliphatic rings. The second-order valence-corrected chi connectivity index (χ2v) is 9.45. The van der Waals surface area contributed by atoms with Crippen molar-refractivity contribution in [2.75, 3.05) is 23.5 Å². The van der Waals surface area contributed by atoms with Gasteiger partial charge in [-0.1, -0.05) is 64.1 Å². The molecule has 0 fully saturated rings. The molecule has 0 aliphatic heterocycles. The highest BCUT2D eigenvalue weighted by atomic mass is 35.5. The number of benzene rings is 2.